The lowest BCUT2D eigenvalue weighted by Gasteiger charge is -2.19. The van der Waals surface area contributed by atoms with Crippen LogP contribution in [0.1, 0.15) is 36.7 Å². The molecule has 19 heavy (non-hydrogen) atoms. The SMILES string of the molecule is CC(C)(C)OC(=O)c1c[nH]c2ccc(CCO)cc12. The van der Waals surface area contributed by atoms with E-state index in [2.05, 4.69) is 4.98 Å². The van der Waals surface area contributed by atoms with Crippen molar-refractivity contribution in [2.24, 2.45) is 0 Å². The molecule has 4 nitrogen and oxygen atoms in total. The van der Waals surface area contributed by atoms with Gasteiger partial charge in [0, 0.05) is 23.7 Å². The third-order valence-corrected chi connectivity index (χ3v) is 2.77. The van der Waals surface area contributed by atoms with Crippen molar-refractivity contribution >= 4 is 16.9 Å². The van der Waals surface area contributed by atoms with Crippen LogP contribution < -0.4 is 0 Å². The summed E-state index contributed by atoms with van der Waals surface area (Å²) >= 11 is 0. The number of esters is 1. The number of aromatic amines is 1. The van der Waals surface area contributed by atoms with Crippen LogP contribution in [0.5, 0.6) is 0 Å². The van der Waals surface area contributed by atoms with Crippen molar-refractivity contribution in [3.63, 3.8) is 0 Å². The molecular weight excluding hydrogens is 242 g/mol. The minimum absolute atomic E-state index is 0.0949. The highest BCUT2D eigenvalue weighted by Crippen LogP contribution is 2.22. The Morgan fingerprint density at radius 3 is 2.74 bits per heavy atom. The molecule has 0 aliphatic heterocycles. The van der Waals surface area contributed by atoms with Gasteiger partial charge in [-0.2, -0.15) is 0 Å². The second-order valence-corrected chi connectivity index (χ2v) is 5.56. The van der Waals surface area contributed by atoms with Crippen molar-refractivity contribution in [2.45, 2.75) is 32.8 Å². The van der Waals surface area contributed by atoms with Crippen LogP contribution in [0, 0.1) is 0 Å². The van der Waals surface area contributed by atoms with Crippen molar-refractivity contribution in [1.29, 1.82) is 0 Å². The third kappa shape index (κ3) is 3.15. The van der Waals surface area contributed by atoms with E-state index >= 15 is 0 Å². The van der Waals surface area contributed by atoms with Crippen LogP contribution in [0.4, 0.5) is 0 Å². The lowest BCUT2D eigenvalue weighted by Crippen LogP contribution is -2.23. The van der Waals surface area contributed by atoms with E-state index < -0.39 is 5.60 Å². The maximum atomic E-state index is 12.1. The standard InChI is InChI=1S/C15H19NO3/c1-15(2,3)19-14(18)12-9-16-13-5-4-10(6-7-17)8-11(12)13/h4-5,8-9,16-17H,6-7H2,1-3H3. The summed E-state index contributed by atoms with van der Waals surface area (Å²) in [6, 6.07) is 5.77. The van der Waals surface area contributed by atoms with Crippen molar-refractivity contribution in [2.75, 3.05) is 6.61 Å². The predicted octanol–water partition coefficient (Wildman–Crippen LogP) is 2.66. The highest BCUT2D eigenvalue weighted by Gasteiger charge is 2.20. The van der Waals surface area contributed by atoms with E-state index in [4.69, 9.17) is 9.84 Å². The minimum atomic E-state index is -0.511. The third-order valence-electron chi connectivity index (χ3n) is 2.77. The summed E-state index contributed by atoms with van der Waals surface area (Å²) in [5.74, 6) is -0.333. The normalized spacial score (nSPS) is 11.8. The largest absolute Gasteiger partial charge is 0.456 e. The van der Waals surface area contributed by atoms with Gasteiger partial charge in [0.15, 0.2) is 0 Å². The van der Waals surface area contributed by atoms with Gasteiger partial charge in [-0.15, -0.1) is 0 Å². The fourth-order valence-electron chi connectivity index (χ4n) is 1.95. The Balaban J connectivity index is 2.38. The highest BCUT2D eigenvalue weighted by molar-refractivity contribution is 6.04. The van der Waals surface area contributed by atoms with Crippen LogP contribution in [-0.2, 0) is 11.2 Å². The number of H-pyrrole nitrogens is 1. The number of aliphatic hydroxyl groups excluding tert-OH is 1. The van der Waals surface area contributed by atoms with E-state index in [0.29, 0.717) is 12.0 Å². The van der Waals surface area contributed by atoms with E-state index in [0.717, 1.165) is 16.5 Å². The zero-order valence-corrected chi connectivity index (χ0v) is 11.5. The fraction of sp³-hybridized carbons (Fsp3) is 0.400. The summed E-state index contributed by atoms with van der Waals surface area (Å²) < 4.78 is 5.38. The van der Waals surface area contributed by atoms with Gasteiger partial charge in [0.25, 0.3) is 0 Å². The van der Waals surface area contributed by atoms with Gasteiger partial charge in [0.1, 0.15) is 5.60 Å². The molecule has 0 saturated carbocycles. The first-order valence-electron chi connectivity index (χ1n) is 6.35. The number of ether oxygens (including phenoxy) is 1. The molecule has 0 spiro atoms. The number of nitrogens with one attached hydrogen (secondary N) is 1. The molecule has 0 amide bonds. The van der Waals surface area contributed by atoms with E-state index in [9.17, 15) is 4.79 Å². The molecule has 2 N–H and O–H groups in total. The second-order valence-electron chi connectivity index (χ2n) is 5.56. The molecule has 1 heterocycles. The number of fused-ring (bicyclic) bond motifs is 1. The number of carbonyl (C=O) groups excluding carboxylic acids is 1. The Kier molecular flexibility index (Phi) is 3.62. The first-order chi connectivity index (χ1) is 8.90. The van der Waals surface area contributed by atoms with Crippen LogP contribution >= 0.6 is 0 Å². The average molecular weight is 261 g/mol. The molecule has 0 bridgehead atoms. The Morgan fingerprint density at radius 2 is 2.11 bits per heavy atom. The summed E-state index contributed by atoms with van der Waals surface area (Å²) in [6.07, 6.45) is 2.25. The predicted molar refractivity (Wildman–Crippen MR) is 74.3 cm³/mol. The van der Waals surface area contributed by atoms with Crippen LogP contribution in [0.15, 0.2) is 24.4 Å². The summed E-state index contributed by atoms with van der Waals surface area (Å²) in [6.45, 7) is 5.63. The smallest absolute Gasteiger partial charge is 0.340 e. The van der Waals surface area contributed by atoms with E-state index in [1.54, 1.807) is 6.20 Å². The van der Waals surface area contributed by atoms with Crippen LogP contribution in [0.3, 0.4) is 0 Å². The molecule has 2 aromatic rings. The van der Waals surface area contributed by atoms with Crippen molar-refractivity contribution in [3.05, 3.63) is 35.5 Å². The molecule has 0 aliphatic rings. The number of aromatic nitrogens is 1. The zero-order valence-electron chi connectivity index (χ0n) is 11.5. The van der Waals surface area contributed by atoms with Gasteiger partial charge < -0.3 is 14.8 Å². The van der Waals surface area contributed by atoms with E-state index in [1.165, 1.54) is 0 Å². The minimum Gasteiger partial charge on any atom is -0.456 e. The Morgan fingerprint density at radius 1 is 1.37 bits per heavy atom. The average Bonchev–Trinajstić information content (AvgIpc) is 2.70. The van der Waals surface area contributed by atoms with Gasteiger partial charge in [0.05, 0.1) is 5.56 Å². The fourth-order valence-corrected chi connectivity index (χ4v) is 1.95. The number of rotatable bonds is 3. The molecule has 4 heteroatoms. The number of hydrogen-bond donors (Lipinski definition) is 2. The van der Waals surface area contributed by atoms with Gasteiger partial charge in [-0.3, -0.25) is 0 Å². The molecule has 1 aromatic carbocycles. The lowest BCUT2D eigenvalue weighted by molar-refractivity contribution is 0.00719. The van der Waals surface area contributed by atoms with Crippen LogP contribution in [0.25, 0.3) is 10.9 Å². The second kappa shape index (κ2) is 5.05. The van der Waals surface area contributed by atoms with E-state index in [-0.39, 0.29) is 12.6 Å². The van der Waals surface area contributed by atoms with Crippen molar-refractivity contribution < 1.29 is 14.6 Å². The van der Waals surface area contributed by atoms with Crippen LogP contribution in [-0.4, -0.2) is 28.3 Å². The van der Waals surface area contributed by atoms with Gasteiger partial charge in [0.2, 0.25) is 0 Å². The maximum Gasteiger partial charge on any atom is 0.340 e. The maximum absolute atomic E-state index is 12.1. The number of carbonyl (C=O) groups is 1. The summed E-state index contributed by atoms with van der Waals surface area (Å²) in [7, 11) is 0. The quantitative estimate of drug-likeness (QED) is 0.835. The Hall–Kier alpha value is -1.81. The Labute approximate surface area is 112 Å². The Bertz CT molecular complexity index is 593. The molecule has 102 valence electrons. The number of hydrogen-bond acceptors (Lipinski definition) is 3. The molecule has 0 radical (unpaired) electrons. The van der Waals surface area contributed by atoms with Gasteiger partial charge in [-0.1, -0.05) is 6.07 Å². The molecule has 0 fully saturated rings. The molecule has 0 atom stereocenters. The molecule has 0 saturated heterocycles. The van der Waals surface area contributed by atoms with Gasteiger partial charge in [-0.05, 0) is 44.9 Å². The number of benzene rings is 1. The summed E-state index contributed by atoms with van der Waals surface area (Å²) in [5, 5.41) is 9.81. The molecular formula is C15H19NO3. The van der Waals surface area contributed by atoms with E-state index in [1.807, 2.05) is 39.0 Å². The van der Waals surface area contributed by atoms with Gasteiger partial charge >= 0.3 is 5.97 Å². The molecule has 0 aliphatic carbocycles. The zero-order chi connectivity index (χ0) is 14.0. The first kappa shape index (κ1) is 13.6. The van der Waals surface area contributed by atoms with Gasteiger partial charge in [-0.25, -0.2) is 4.79 Å². The molecule has 1 aromatic heterocycles. The molecule has 2 rings (SSSR count). The lowest BCUT2D eigenvalue weighted by atomic mass is 10.1. The topological polar surface area (TPSA) is 62.3 Å². The monoisotopic (exact) mass is 261 g/mol. The summed E-state index contributed by atoms with van der Waals surface area (Å²) in [5.41, 5.74) is 1.91. The first-order valence-corrected chi connectivity index (χ1v) is 6.35. The highest BCUT2D eigenvalue weighted by atomic mass is 16.6. The molecule has 0 unspecified atom stereocenters. The van der Waals surface area contributed by atoms with Crippen molar-refractivity contribution in [3.8, 4) is 0 Å². The van der Waals surface area contributed by atoms with Crippen LogP contribution in [0.2, 0.25) is 0 Å². The summed E-state index contributed by atoms with van der Waals surface area (Å²) in [4.78, 5) is 15.2. The van der Waals surface area contributed by atoms with Crippen molar-refractivity contribution in [1.82, 2.24) is 4.98 Å². The number of aliphatic hydroxyl groups is 1.